The van der Waals surface area contributed by atoms with Crippen LogP contribution in [-0.2, 0) is 10.8 Å². The van der Waals surface area contributed by atoms with E-state index in [0.717, 1.165) is 17.1 Å². The zero-order valence-corrected chi connectivity index (χ0v) is 35.5. The van der Waals surface area contributed by atoms with Gasteiger partial charge in [-0.25, -0.2) is 0 Å². The fraction of sp³-hybridized carbons (Fsp3) is 0.100. The van der Waals surface area contributed by atoms with Gasteiger partial charge in [0.15, 0.2) is 0 Å². The molecule has 296 valence electrons. The third-order valence-electron chi connectivity index (χ3n) is 14.0. The number of benzene rings is 9. The van der Waals surface area contributed by atoms with E-state index in [4.69, 9.17) is 0 Å². The molecule has 62 heavy (non-hydrogen) atoms. The zero-order valence-electron chi connectivity index (χ0n) is 35.5. The molecule has 0 atom stereocenters. The van der Waals surface area contributed by atoms with Gasteiger partial charge in [-0.15, -0.1) is 0 Å². The van der Waals surface area contributed by atoms with Crippen LogP contribution < -0.4 is 4.90 Å². The first kappa shape index (κ1) is 36.4. The number of hydrogen-bond acceptors (Lipinski definition) is 1. The average molecular weight is 795 g/mol. The Morgan fingerprint density at radius 1 is 0.339 bits per heavy atom. The quantitative estimate of drug-likeness (QED) is 0.163. The largest absolute Gasteiger partial charge is 0.310 e. The van der Waals surface area contributed by atoms with Crippen LogP contribution >= 0.6 is 0 Å². The molecule has 0 bridgehead atoms. The molecule has 2 nitrogen and oxygen atoms in total. The summed E-state index contributed by atoms with van der Waals surface area (Å²) in [4.78, 5) is 2.43. The van der Waals surface area contributed by atoms with E-state index < -0.39 is 0 Å². The van der Waals surface area contributed by atoms with E-state index in [1.54, 1.807) is 0 Å². The second-order valence-electron chi connectivity index (χ2n) is 18.2. The molecule has 0 saturated carbocycles. The van der Waals surface area contributed by atoms with Crippen molar-refractivity contribution in [3.05, 3.63) is 229 Å². The Kier molecular flexibility index (Phi) is 7.96. The fourth-order valence-corrected chi connectivity index (χ4v) is 10.9. The van der Waals surface area contributed by atoms with E-state index in [1.165, 1.54) is 94.3 Å². The lowest BCUT2D eigenvalue weighted by Gasteiger charge is -2.29. The summed E-state index contributed by atoms with van der Waals surface area (Å²) in [6, 6.07) is 76.5. The van der Waals surface area contributed by atoms with Gasteiger partial charge >= 0.3 is 0 Å². The zero-order chi connectivity index (χ0) is 41.7. The topological polar surface area (TPSA) is 8.17 Å². The Labute approximate surface area is 364 Å². The summed E-state index contributed by atoms with van der Waals surface area (Å²) in [5, 5.41) is 2.51. The Hall–Kier alpha value is -7.42. The van der Waals surface area contributed by atoms with Crippen molar-refractivity contribution in [2.45, 2.75) is 38.5 Å². The van der Waals surface area contributed by atoms with Crippen molar-refractivity contribution in [3.63, 3.8) is 0 Å². The molecule has 2 aliphatic rings. The van der Waals surface area contributed by atoms with Gasteiger partial charge in [0.05, 0.1) is 16.7 Å². The van der Waals surface area contributed by atoms with Crippen LogP contribution in [0, 0.1) is 0 Å². The molecule has 0 radical (unpaired) electrons. The van der Waals surface area contributed by atoms with Gasteiger partial charge in [0.1, 0.15) is 0 Å². The van der Waals surface area contributed by atoms with Crippen LogP contribution in [0.5, 0.6) is 0 Å². The normalized spacial score (nSPS) is 14.1. The summed E-state index contributed by atoms with van der Waals surface area (Å²) in [5.74, 6) is 0. The summed E-state index contributed by atoms with van der Waals surface area (Å²) in [6.45, 7) is 9.43. The van der Waals surface area contributed by atoms with Crippen molar-refractivity contribution in [2.24, 2.45) is 0 Å². The van der Waals surface area contributed by atoms with Crippen molar-refractivity contribution in [1.82, 2.24) is 4.57 Å². The predicted molar refractivity (Wildman–Crippen MR) is 261 cm³/mol. The number of para-hydroxylation sites is 3. The number of fused-ring (bicyclic) bond motifs is 9. The number of rotatable bonds is 6. The lowest BCUT2D eigenvalue weighted by Crippen LogP contribution is -2.16. The van der Waals surface area contributed by atoms with E-state index in [1.807, 2.05) is 0 Å². The van der Waals surface area contributed by atoms with Crippen molar-refractivity contribution < 1.29 is 0 Å². The molecule has 12 rings (SSSR count). The molecular formula is C60H46N2. The van der Waals surface area contributed by atoms with Gasteiger partial charge in [-0.2, -0.15) is 0 Å². The second kappa shape index (κ2) is 13.5. The summed E-state index contributed by atoms with van der Waals surface area (Å²) >= 11 is 0. The van der Waals surface area contributed by atoms with E-state index in [-0.39, 0.29) is 10.8 Å². The van der Waals surface area contributed by atoms with Gasteiger partial charge in [0.25, 0.3) is 0 Å². The minimum Gasteiger partial charge on any atom is -0.310 e. The van der Waals surface area contributed by atoms with Crippen molar-refractivity contribution in [1.29, 1.82) is 0 Å². The van der Waals surface area contributed by atoms with Crippen LogP contribution in [0.3, 0.4) is 0 Å². The van der Waals surface area contributed by atoms with Gasteiger partial charge in [-0.1, -0.05) is 167 Å². The number of anilines is 3. The van der Waals surface area contributed by atoms with E-state index in [9.17, 15) is 0 Å². The number of nitrogens with zero attached hydrogens (tertiary/aromatic N) is 2. The smallest absolute Gasteiger partial charge is 0.0541 e. The highest BCUT2D eigenvalue weighted by Gasteiger charge is 2.37. The van der Waals surface area contributed by atoms with E-state index in [2.05, 4.69) is 243 Å². The molecule has 1 aromatic heterocycles. The van der Waals surface area contributed by atoms with Crippen LogP contribution in [0.1, 0.15) is 49.9 Å². The van der Waals surface area contributed by atoms with Gasteiger partial charge in [-0.05, 0) is 128 Å². The minimum absolute atomic E-state index is 0.0692. The lowest BCUT2D eigenvalue weighted by molar-refractivity contribution is 0.660. The Balaban J connectivity index is 0.961. The summed E-state index contributed by atoms with van der Waals surface area (Å²) in [7, 11) is 0. The van der Waals surface area contributed by atoms with Crippen molar-refractivity contribution >= 4 is 38.9 Å². The molecule has 0 N–H and O–H groups in total. The minimum atomic E-state index is -0.101. The highest BCUT2D eigenvalue weighted by Crippen LogP contribution is 2.52. The van der Waals surface area contributed by atoms with E-state index >= 15 is 0 Å². The Bertz CT molecular complexity index is 3420. The van der Waals surface area contributed by atoms with Gasteiger partial charge in [0.2, 0.25) is 0 Å². The Morgan fingerprint density at radius 3 is 1.66 bits per heavy atom. The number of aromatic nitrogens is 1. The van der Waals surface area contributed by atoms with Crippen LogP contribution in [0.2, 0.25) is 0 Å². The molecule has 0 unspecified atom stereocenters. The van der Waals surface area contributed by atoms with Gasteiger partial charge in [0, 0.05) is 44.2 Å². The van der Waals surface area contributed by atoms with Crippen molar-refractivity contribution in [3.8, 4) is 50.2 Å². The first-order chi connectivity index (χ1) is 30.3. The van der Waals surface area contributed by atoms with Gasteiger partial charge in [-0.3, -0.25) is 0 Å². The molecule has 9 aromatic carbocycles. The summed E-state index contributed by atoms with van der Waals surface area (Å²) in [5.41, 5.74) is 22.5. The van der Waals surface area contributed by atoms with Gasteiger partial charge < -0.3 is 9.47 Å². The highest BCUT2D eigenvalue weighted by molar-refractivity contribution is 6.10. The molecule has 1 heterocycles. The lowest BCUT2D eigenvalue weighted by atomic mass is 9.82. The second-order valence-corrected chi connectivity index (χ2v) is 18.2. The molecule has 0 spiro atoms. The maximum atomic E-state index is 2.46. The number of hydrogen-bond donors (Lipinski definition) is 0. The molecule has 10 aromatic rings. The Morgan fingerprint density at radius 2 is 0.903 bits per heavy atom. The average Bonchev–Trinajstić information content (AvgIpc) is 3.86. The molecular weight excluding hydrogens is 749 g/mol. The van der Waals surface area contributed by atoms with Crippen LogP contribution in [0.15, 0.2) is 206 Å². The van der Waals surface area contributed by atoms with Crippen LogP contribution in [0.25, 0.3) is 72.0 Å². The fourth-order valence-electron chi connectivity index (χ4n) is 10.9. The highest BCUT2D eigenvalue weighted by atomic mass is 15.1. The first-order valence-corrected chi connectivity index (χ1v) is 21.8. The predicted octanol–water partition coefficient (Wildman–Crippen LogP) is 16.2. The SMILES string of the molecule is CC1(C)c2ccccc2-c2ccc(N(c3ccccc3)c3ccccc3-c3cccc(-c4ccc5c(c4)c4ccccc4n5-c4ccc5c(c4)C(C)(C)c4ccccc4-5)c3)cc21. The van der Waals surface area contributed by atoms with E-state index in [0.29, 0.717) is 0 Å². The van der Waals surface area contributed by atoms with Crippen molar-refractivity contribution in [2.75, 3.05) is 4.90 Å². The maximum Gasteiger partial charge on any atom is 0.0541 e. The first-order valence-electron chi connectivity index (χ1n) is 21.8. The standard InChI is InChI=1S/C60H46N2/c1-59(2)52-25-12-8-22-46(52)48-32-30-43(37-54(48)59)61(42-19-6-5-7-20-42)56-27-14-10-21-45(56)41-18-16-17-39(35-41)40-29-34-58-51(36-40)50-24-11-15-28-57(50)62(58)44-31-33-49-47-23-9-13-26-53(47)60(3,4)55(49)38-44/h5-38H,1-4H3. The summed E-state index contributed by atoms with van der Waals surface area (Å²) < 4.78 is 2.46. The molecule has 0 fully saturated rings. The van der Waals surface area contributed by atoms with Crippen LogP contribution in [-0.4, -0.2) is 4.57 Å². The van der Waals surface area contributed by atoms with Crippen LogP contribution in [0.4, 0.5) is 17.1 Å². The maximum absolute atomic E-state index is 2.46. The monoisotopic (exact) mass is 794 g/mol. The summed E-state index contributed by atoms with van der Waals surface area (Å²) in [6.07, 6.45) is 0. The molecule has 0 saturated heterocycles. The molecule has 2 aliphatic carbocycles. The third-order valence-corrected chi connectivity index (χ3v) is 14.0. The molecule has 0 amide bonds. The third kappa shape index (κ3) is 5.36. The molecule has 2 heteroatoms. The molecule has 0 aliphatic heterocycles.